The average Bonchev–Trinajstić information content (AvgIpc) is 2.82. The maximum atomic E-state index is 13.1. The van der Waals surface area contributed by atoms with E-state index in [1.54, 1.807) is 6.08 Å². The number of anilines is 1. The summed E-state index contributed by atoms with van der Waals surface area (Å²) < 4.78 is 5.83. The molecule has 2 amide bonds. The second-order valence-electron chi connectivity index (χ2n) is 7.82. The largest absolute Gasteiger partial charge is 0.489 e. The Morgan fingerprint density at radius 1 is 0.909 bits per heavy atom. The lowest BCUT2D eigenvalue weighted by Crippen LogP contribution is -2.54. The van der Waals surface area contributed by atoms with E-state index >= 15 is 0 Å². The standard InChI is InChI=1S/C27H24N2O3S/c1-3-19-8-12-22(13-9-19)29-26(31)24(25(30)28-27(29)33)16-20-10-14-23(15-11-20)32-17-21-6-4-18(2)5-7-21/h4-16H,3,17H2,1-2H3,(H,28,30,33)/b24-16+. The zero-order valence-corrected chi connectivity index (χ0v) is 19.3. The van der Waals surface area contributed by atoms with Gasteiger partial charge in [0.1, 0.15) is 17.9 Å². The van der Waals surface area contributed by atoms with Crippen LogP contribution in [0.3, 0.4) is 0 Å². The van der Waals surface area contributed by atoms with E-state index in [0.717, 1.165) is 17.5 Å². The molecule has 0 unspecified atom stereocenters. The van der Waals surface area contributed by atoms with Crippen molar-refractivity contribution < 1.29 is 14.3 Å². The summed E-state index contributed by atoms with van der Waals surface area (Å²) in [6.45, 7) is 4.57. The van der Waals surface area contributed by atoms with Crippen LogP contribution in [0.4, 0.5) is 5.69 Å². The molecule has 1 heterocycles. The second-order valence-corrected chi connectivity index (χ2v) is 8.21. The van der Waals surface area contributed by atoms with Gasteiger partial charge in [-0.05, 0) is 72.6 Å². The molecule has 0 radical (unpaired) electrons. The molecule has 5 nitrogen and oxygen atoms in total. The minimum absolute atomic E-state index is 0.0245. The van der Waals surface area contributed by atoms with Crippen molar-refractivity contribution in [3.63, 3.8) is 0 Å². The fraction of sp³-hybridized carbons (Fsp3) is 0.148. The van der Waals surface area contributed by atoms with Gasteiger partial charge in [-0.1, -0.05) is 61.0 Å². The Morgan fingerprint density at radius 2 is 1.55 bits per heavy atom. The normalized spacial score (nSPS) is 15.0. The summed E-state index contributed by atoms with van der Waals surface area (Å²) >= 11 is 5.26. The number of nitrogens with one attached hydrogen (secondary N) is 1. The van der Waals surface area contributed by atoms with E-state index in [0.29, 0.717) is 23.6 Å². The quantitative estimate of drug-likeness (QED) is 0.323. The van der Waals surface area contributed by atoms with Crippen LogP contribution in [0.5, 0.6) is 5.75 Å². The van der Waals surface area contributed by atoms with Crippen molar-refractivity contribution in [1.82, 2.24) is 5.32 Å². The first kappa shape index (κ1) is 22.4. The van der Waals surface area contributed by atoms with Crippen LogP contribution in [-0.4, -0.2) is 16.9 Å². The van der Waals surface area contributed by atoms with Crippen molar-refractivity contribution in [3.05, 3.63) is 101 Å². The summed E-state index contributed by atoms with van der Waals surface area (Å²) in [5.74, 6) is -0.255. The van der Waals surface area contributed by atoms with Crippen LogP contribution in [0, 0.1) is 6.92 Å². The highest BCUT2D eigenvalue weighted by atomic mass is 32.1. The summed E-state index contributed by atoms with van der Waals surface area (Å²) in [6.07, 6.45) is 2.46. The van der Waals surface area contributed by atoms with Crippen molar-refractivity contribution in [2.75, 3.05) is 4.90 Å². The van der Waals surface area contributed by atoms with E-state index in [1.807, 2.05) is 79.7 Å². The number of thiocarbonyl (C=S) groups is 1. The van der Waals surface area contributed by atoms with E-state index in [1.165, 1.54) is 10.5 Å². The van der Waals surface area contributed by atoms with Gasteiger partial charge in [0.15, 0.2) is 5.11 Å². The Morgan fingerprint density at radius 3 is 2.18 bits per heavy atom. The van der Waals surface area contributed by atoms with Gasteiger partial charge in [-0.3, -0.25) is 19.8 Å². The summed E-state index contributed by atoms with van der Waals surface area (Å²) in [5, 5.41) is 2.69. The van der Waals surface area contributed by atoms with Gasteiger partial charge < -0.3 is 4.74 Å². The summed E-state index contributed by atoms with van der Waals surface area (Å²) in [5.41, 5.74) is 4.79. The summed E-state index contributed by atoms with van der Waals surface area (Å²) in [6, 6.07) is 23.0. The number of carbonyl (C=O) groups is 2. The number of benzene rings is 3. The third kappa shape index (κ3) is 5.18. The van der Waals surface area contributed by atoms with Gasteiger partial charge in [0, 0.05) is 0 Å². The lowest BCUT2D eigenvalue weighted by molar-refractivity contribution is -0.122. The van der Waals surface area contributed by atoms with Gasteiger partial charge in [-0.25, -0.2) is 0 Å². The van der Waals surface area contributed by atoms with Gasteiger partial charge >= 0.3 is 0 Å². The lowest BCUT2D eigenvalue weighted by atomic mass is 10.1. The van der Waals surface area contributed by atoms with E-state index in [2.05, 4.69) is 12.2 Å². The van der Waals surface area contributed by atoms with Crippen molar-refractivity contribution >= 4 is 40.9 Å². The van der Waals surface area contributed by atoms with Crippen molar-refractivity contribution in [2.24, 2.45) is 0 Å². The Bertz CT molecular complexity index is 1210. The van der Waals surface area contributed by atoms with E-state index < -0.39 is 11.8 Å². The second kappa shape index (κ2) is 9.79. The molecule has 3 aromatic carbocycles. The third-order valence-corrected chi connectivity index (χ3v) is 5.71. The molecule has 0 aliphatic carbocycles. The number of aryl methyl sites for hydroxylation is 2. The Hall–Kier alpha value is -3.77. The molecule has 0 bridgehead atoms. The van der Waals surface area contributed by atoms with Crippen LogP contribution in [0.1, 0.15) is 29.2 Å². The van der Waals surface area contributed by atoms with E-state index in [4.69, 9.17) is 17.0 Å². The fourth-order valence-corrected chi connectivity index (χ4v) is 3.73. The van der Waals surface area contributed by atoms with Crippen LogP contribution in [0.25, 0.3) is 6.08 Å². The topological polar surface area (TPSA) is 58.6 Å². The maximum Gasteiger partial charge on any atom is 0.270 e. The Balaban J connectivity index is 1.50. The molecule has 33 heavy (non-hydrogen) atoms. The average molecular weight is 457 g/mol. The molecule has 1 saturated heterocycles. The predicted octanol–water partition coefficient (Wildman–Crippen LogP) is 4.97. The van der Waals surface area contributed by atoms with Crippen molar-refractivity contribution in [1.29, 1.82) is 0 Å². The first-order valence-corrected chi connectivity index (χ1v) is 11.1. The number of ether oxygens (including phenoxy) is 1. The molecule has 4 rings (SSSR count). The number of rotatable bonds is 6. The van der Waals surface area contributed by atoms with Crippen LogP contribution >= 0.6 is 12.2 Å². The zero-order chi connectivity index (χ0) is 23.4. The molecule has 0 spiro atoms. The molecule has 0 aromatic heterocycles. The van der Waals surface area contributed by atoms with Crippen molar-refractivity contribution in [2.45, 2.75) is 26.9 Å². The molecule has 0 atom stereocenters. The number of hydrogen-bond donors (Lipinski definition) is 1. The first-order valence-electron chi connectivity index (χ1n) is 10.7. The molecule has 166 valence electrons. The predicted molar refractivity (Wildman–Crippen MR) is 134 cm³/mol. The molecule has 1 N–H and O–H groups in total. The smallest absolute Gasteiger partial charge is 0.270 e. The number of carbonyl (C=O) groups excluding carboxylic acids is 2. The minimum Gasteiger partial charge on any atom is -0.489 e. The van der Waals surface area contributed by atoms with Gasteiger partial charge in [-0.2, -0.15) is 0 Å². The van der Waals surface area contributed by atoms with Crippen LogP contribution in [-0.2, 0) is 22.6 Å². The minimum atomic E-state index is -0.508. The maximum absolute atomic E-state index is 13.1. The van der Waals surface area contributed by atoms with Gasteiger partial charge in [0.05, 0.1) is 5.69 Å². The molecular weight excluding hydrogens is 432 g/mol. The van der Waals surface area contributed by atoms with Crippen LogP contribution in [0.15, 0.2) is 78.4 Å². The highest BCUT2D eigenvalue weighted by Gasteiger charge is 2.34. The Kier molecular flexibility index (Phi) is 6.66. The SMILES string of the molecule is CCc1ccc(N2C(=O)/C(=C/c3ccc(OCc4ccc(C)cc4)cc3)C(=O)NC2=S)cc1. The van der Waals surface area contributed by atoms with E-state index in [-0.39, 0.29) is 10.7 Å². The van der Waals surface area contributed by atoms with Crippen molar-refractivity contribution in [3.8, 4) is 5.75 Å². The first-order chi connectivity index (χ1) is 15.9. The third-order valence-electron chi connectivity index (χ3n) is 5.42. The van der Waals surface area contributed by atoms with Gasteiger partial charge in [0.2, 0.25) is 0 Å². The molecule has 1 aliphatic rings. The zero-order valence-electron chi connectivity index (χ0n) is 18.5. The van der Waals surface area contributed by atoms with Gasteiger partial charge in [0.25, 0.3) is 11.8 Å². The van der Waals surface area contributed by atoms with Crippen LogP contribution in [0.2, 0.25) is 0 Å². The molecule has 0 saturated carbocycles. The number of amides is 2. The van der Waals surface area contributed by atoms with E-state index in [9.17, 15) is 9.59 Å². The highest BCUT2D eigenvalue weighted by Crippen LogP contribution is 2.23. The molecule has 3 aromatic rings. The van der Waals surface area contributed by atoms with Crippen LogP contribution < -0.4 is 15.0 Å². The van der Waals surface area contributed by atoms with Gasteiger partial charge in [-0.15, -0.1) is 0 Å². The number of nitrogens with zero attached hydrogens (tertiary/aromatic N) is 1. The molecular formula is C27H24N2O3S. The monoisotopic (exact) mass is 456 g/mol. The molecule has 1 fully saturated rings. The molecule has 6 heteroatoms. The highest BCUT2D eigenvalue weighted by molar-refractivity contribution is 7.80. The fourth-order valence-electron chi connectivity index (χ4n) is 3.45. The Labute approximate surface area is 198 Å². The summed E-state index contributed by atoms with van der Waals surface area (Å²) in [4.78, 5) is 27.0. The lowest BCUT2D eigenvalue weighted by Gasteiger charge is -2.29. The summed E-state index contributed by atoms with van der Waals surface area (Å²) in [7, 11) is 0. The molecule has 1 aliphatic heterocycles. The number of hydrogen-bond acceptors (Lipinski definition) is 4.